The van der Waals surface area contributed by atoms with Gasteiger partial charge in [0, 0.05) is 13.1 Å². The highest BCUT2D eigenvalue weighted by Crippen LogP contribution is 2.08. The van der Waals surface area contributed by atoms with E-state index in [1.54, 1.807) is 10.7 Å². The maximum atomic E-state index is 4.24. The number of nitrogens with one attached hydrogen (secondary N) is 1. The second kappa shape index (κ2) is 2.44. The number of nitrogens with zero attached hydrogens (tertiary/aromatic N) is 4. The normalized spacial score (nSPS) is 10.5. The summed E-state index contributed by atoms with van der Waals surface area (Å²) in [6.45, 7) is 1.89. The first kappa shape index (κ1) is 7.02. The van der Waals surface area contributed by atoms with Gasteiger partial charge in [0.25, 0.3) is 0 Å². The number of rotatable bonds is 1. The number of aryl methyl sites for hydroxylation is 1. The zero-order valence-corrected chi connectivity index (χ0v) is 6.94. The van der Waals surface area contributed by atoms with E-state index < -0.39 is 0 Å². The standard InChI is InChI=1S/C7H9N5/c1-5-10-7(8-2)3-6-4-9-11-12(5)6/h3-4,8H,1-2H3. The van der Waals surface area contributed by atoms with E-state index in [1.165, 1.54) is 0 Å². The van der Waals surface area contributed by atoms with Gasteiger partial charge < -0.3 is 5.32 Å². The fourth-order valence-corrected chi connectivity index (χ4v) is 1.12. The van der Waals surface area contributed by atoms with Crippen LogP contribution < -0.4 is 5.32 Å². The summed E-state index contributed by atoms with van der Waals surface area (Å²) in [6.07, 6.45) is 1.70. The fraction of sp³-hybridized carbons (Fsp3) is 0.286. The van der Waals surface area contributed by atoms with Crippen LogP contribution in [0, 0.1) is 6.92 Å². The van der Waals surface area contributed by atoms with E-state index >= 15 is 0 Å². The number of anilines is 1. The van der Waals surface area contributed by atoms with Gasteiger partial charge in [0.2, 0.25) is 0 Å². The van der Waals surface area contributed by atoms with Crippen molar-refractivity contribution in [3.05, 3.63) is 18.1 Å². The van der Waals surface area contributed by atoms with E-state index in [0.29, 0.717) is 0 Å². The molecule has 0 aliphatic heterocycles. The number of hydrogen-bond donors (Lipinski definition) is 1. The minimum absolute atomic E-state index is 0.828. The van der Waals surface area contributed by atoms with Crippen molar-refractivity contribution in [1.29, 1.82) is 0 Å². The van der Waals surface area contributed by atoms with Gasteiger partial charge in [-0.1, -0.05) is 5.21 Å². The molecule has 0 unspecified atom stereocenters. The smallest absolute Gasteiger partial charge is 0.131 e. The second-order valence-corrected chi connectivity index (χ2v) is 2.51. The Morgan fingerprint density at radius 2 is 2.33 bits per heavy atom. The molecule has 0 saturated carbocycles. The zero-order valence-electron chi connectivity index (χ0n) is 6.94. The first-order valence-corrected chi connectivity index (χ1v) is 3.67. The predicted molar refractivity (Wildman–Crippen MR) is 45.1 cm³/mol. The first-order chi connectivity index (χ1) is 5.81. The zero-order chi connectivity index (χ0) is 8.55. The van der Waals surface area contributed by atoms with E-state index in [9.17, 15) is 0 Å². The lowest BCUT2D eigenvalue weighted by molar-refractivity contribution is 0.799. The van der Waals surface area contributed by atoms with Crippen LogP contribution in [-0.4, -0.2) is 26.9 Å². The Bertz CT molecular complexity index is 405. The van der Waals surface area contributed by atoms with Crippen LogP contribution in [0.2, 0.25) is 0 Å². The monoisotopic (exact) mass is 163 g/mol. The molecule has 0 saturated heterocycles. The summed E-state index contributed by atoms with van der Waals surface area (Å²) in [5.74, 6) is 1.66. The van der Waals surface area contributed by atoms with Crippen molar-refractivity contribution < 1.29 is 0 Å². The van der Waals surface area contributed by atoms with Crippen LogP contribution in [-0.2, 0) is 0 Å². The molecule has 2 rings (SSSR count). The molecule has 0 atom stereocenters. The van der Waals surface area contributed by atoms with Crippen molar-refractivity contribution in [2.45, 2.75) is 6.92 Å². The summed E-state index contributed by atoms with van der Waals surface area (Å²) in [7, 11) is 1.84. The summed E-state index contributed by atoms with van der Waals surface area (Å²) in [6, 6.07) is 1.90. The van der Waals surface area contributed by atoms with Crippen LogP contribution in [0.1, 0.15) is 5.82 Å². The largest absolute Gasteiger partial charge is 0.373 e. The Morgan fingerprint density at radius 1 is 1.50 bits per heavy atom. The van der Waals surface area contributed by atoms with Gasteiger partial charge in [-0.15, -0.1) is 5.10 Å². The number of aromatic nitrogens is 4. The van der Waals surface area contributed by atoms with Crippen LogP contribution in [0.5, 0.6) is 0 Å². The molecular weight excluding hydrogens is 154 g/mol. The number of hydrogen-bond acceptors (Lipinski definition) is 4. The third-order valence-corrected chi connectivity index (χ3v) is 1.71. The summed E-state index contributed by atoms with van der Waals surface area (Å²) in [4.78, 5) is 4.24. The summed E-state index contributed by atoms with van der Waals surface area (Å²) < 4.78 is 1.70. The first-order valence-electron chi connectivity index (χ1n) is 3.67. The van der Waals surface area contributed by atoms with Crippen molar-refractivity contribution in [3.8, 4) is 0 Å². The lowest BCUT2D eigenvalue weighted by atomic mass is 10.4. The molecule has 2 aromatic heterocycles. The van der Waals surface area contributed by atoms with E-state index in [-0.39, 0.29) is 0 Å². The maximum absolute atomic E-state index is 4.24. The SMILES string of the molecule is CNc1cc2cnnn2c(C)n1. The van der Waals surface area contributed by atoms with E-state index in [4.69, 9.17) is 0 Å². The van der Waals surface area contributed by atoms with Gasteiger partial charge in [0.15, 0.2) is 0 Å². The Hall–Kier alpha value is -1.65. The van der Waals surface area contributed by atoms with Gasteiger partial charge in [0.1, 0.15) is 11.6 Å². The van der Waals surface area contributed by atoms with Gasteiger partial charge in [-0.2, -0.15) is 4.52 Å². The molecule has 0 aliphatic carbocycles. The molecule has 2 heterocycles. The van der Waals surface area contributed by atoms with Gasteiger partial charge >= 0.3 is 0 Å². The summed E-state index contributed by atoms with van der Waals surface area (Å²) >= 11 is 0. The van der Waals surface area contributed by atoms with Crippen molar-refractivity contribution in [3.63, 3.8) is 0 Å². The average Bonchev–Trinajstić information content (AvgIpc) is 2.52. The average molecular weight is 163 g/mol. The number of fused-ring (bicyclic) bond motifs is 1. The molecule has 0 spiro atoms. The van der Waals surface area contributed by atoms with Crippen molar-refractivity contribution >= 4 is 11.3 Å². The van der Waals surface area contributed by atoms with Gasteiger partial charge in [0.05, 0.1) is 11.7 Å². The van der Waals surface area contributed by atoms with Crippen LogP contribution in [0.15, 0.2) is 12.3 Å². The van der Waals surface area contributed by atoms with Crippen LogP contribution in [0.4, 0.5) is 5.82 Å². The predicted octanol–water partition coefficient (Wildman–Crippen LogP) is 0.474. The second-order valence-electron chi connectivity index (χ2n) is 2.51. The topological polar surface area (TPSA) is 55.1 Å². The highest BCUT2D eigenvalue weighted by Gasteiger charge is 2.00. The molecule has 0 amide bonds. The van der Waals surface area contributed by atoms with E-state index in [2.05, 4.69) is 20.6 Å². The van der Waals surface area contributed by atoms with E-state index in [1.807, 2.05) is 20.0 Å². The Balaban J connectivity index is 2.75. The van der Waals surface area contributed by atoms with E-state index in [0.717, 1.165) is 17.2 Å². The molecule has 0 fully saturated rings. The highest BCUT2D eigenvalue weighted by molar-refractivity contribution is 5.52. The molecule has 1 N–H and O–H groups in total. The third kappa shape index (κ3) is 0.903. The molecule has 0 bridgehead atoms. The summed E-state index contributed by atoms with van der Waals surface area (Å²) in [5.41, 5.74) is 0.951. The van der Waals surface area contributed by atoms with Crippen LogP contribution in [0.25, 0.3) is 5.52 Å². The van der Waals surface area contributed by atoms with Crippen molar-refractivity contribution in [1.82, 2.24) is 19.8 Å². The molecule has 12 heavy (non-hydrogen) atoms. The van der Waals surface area contributed by atoms with Gasteiger partial charge in [-0.25, -0.2) is 4.98 Å². The third-order valence-electron chi connectivity index (χ3n) is 1.71. The lowest BCUT2D eigenvalue weighted by Gasteiger charge is -2.01. The van der Waals surface area contributed by atoms with Gasteiger partial charge in [-0.05, 0) is 6.92 Å². The fourth-order valence-electron chi connectivity index (χ4n) is 1.12. The lowest BCUT2D eigenvalue weighted by Crippen LogP contribution is -2.00. The van der Waals surface area contributed by atoms with Crippen LogP contribution in [0.3, 0.4) is 0 Å². The molecule has 5 heteroatoms. The Labute approximate surface area is 69.4 Å². The van der Waals surface area contributed by atoms with Crippen LogP contribution >= 0.6 is 0 Å². The molecule has 0 aromatic carbocycles. The maximum Gasteiger partial charge on any atom is 0.131 e. The molecule has 2 aromatic rings. The highest BCUT2D eigenvalue weighted by atomic mass is 15.4. The Kier molecular flexibility index (Phi) is 1.43. The van der Waals surface area contributed by atoms with Crippen molar-refractivity contribution in [2.75, 3.05) is 12.4 Å². The summed E-state index contributed by atoms with van der Waals surface area (Å²) in [5, 5.41) is 10.6. The minimum Gasteiger partial charge on any atom is -0.373 e. The van der Waals surface area contributed by atoms with Gasteiger partial charge in [-0.3, -0.25) is 0 Å². The molecular formula is C7H9N5. The molecule has 62 valence electrons. The Morgan fingerprint density at radius 3 is 3.08 bits per heavy atom. The minimum atomic E-state index is 0.828. The molecule has 5 nitrogen and oxygen atoms in total. The van der Waals surface area contributed by atoms with Crippen molar-refractivity contribution in [2.24, 2.45) is 0 Å². The quantitative estimate of drug-likeness (QED) is 0.664. The molecule has 0 aliphatic rings. The molecule has 0 radical (unpaired) electrons.